The van der Waals surface area contributed by atoms with Gasteiger partial charge in [-0.05, 0) is 49.4 Å². The summed E-state index contributed by atoms with van der Waals surface area (Å²) in [4.78, 5) is 28.5. The number of piperidine rings is 1. The van der Waals surface area contributed by atoms with Crippen molar-refractivity contribution >= 4 is 11.9 Å². The first kappa shape index (κ1) is 17.8. The van der Waals surface area contributed by atoms with Crippen LogP contribution in [-0.4, -0.2) is 55.4 Å². The van der Waals surface area contributed by atoms with Crippen LogP contribution in [0.5, 0.6) is 11.5 Å². The molecule has 2 aliphatic carbocycles. The molecule has 28 heavy (non-hydrogen) atoms. The summed E-state index contributed by atoms with van der Waals surface area (Å²) in [7, 11) is 3.18. The van der Waals surface area contributed by atoms with E-state index in [2.05, 4.69) is 0 Å². The van der Waals surface area contributed by atoms with Gasteiger partial charge >= 0.3 is 5.97 Å². The van der Waals surface area contributed by atoms with E-state index in [1.807, 2.05) is 17.0 Å². The van der Waals surface area contributed by atoms with Gasteiger partial charge in [-0.3, -0.25) is 9.59 Å². The molecule has 2 heterocycles. The topological polar surface area (TPSA) is 85.3 Å². The maximum Gasteiger partial charge on any atom is 0.316 e. The Labute approximate surface area is 163 Å². The highest BCUT2D eigenvalue weighted by Crippen LogP contribution is 2.80. The van der Waals surface area contributed by atoms with Gasteiger partial charge in [-0.1, -0.05) is 0 Å². The lowest BCUT2D eigenvalue weighted by atomic mass is 9.63. The highest BCUT2D eigenvalue weighted by molar-refractivity contribution is 6.02. The van der Waals surface area contributed by atoms with Gasteiger partial charge in [0.15, 0.2) is 11.5 Å². The quantitative estimate of drug-likeness (QED) is 0.783. The second kappa shape index (κ2) is 5.63. The van der Waals surface area contributed by atoms with E-state index in [1.54, 1.807) is 21.1 Å². The number of hydrogen-bond acceptors (Lipinski definition) is 6. The highest BCUT2D eigenvalue weighted by Gasteiger charge is 2.91. The zero-order valence-corrected chi connectivity index (χ0v) is 16.4. The van der Waals surface area contributed by atoms with E-state index in [1.165, 1.54) is 0 Å². The van der Waals surface area contributed by atoms with Crippen LogP contribution in [0.4, 0.5) is 0 Å². The highest BCUT2D eigenvalue weighted by atomic mass is 16.5. The van der Waals surface area contributed by atoms with Gasteiger partial charge in [0.1, 0.15) is 5.41 Å². The standard InChI is InChI=1S/C21H25NO6/c1-4-28-19(25)21-16-13(23)5-7-20(21)12-10-15(27-3)14(26-2)9-11(12)6-8-22(20)18(24)17(16)21/h9-10,13,16-17,23H,4-8H2,1-3H3/t13?,16-,17-,20-,21-/m0/s1. The number of fused-ring (bicyclic) bond motifs is 2. The Kier molecular flexibility index (Phi) is 3.58. The van der Waals surface area contributed by atoms with Crippen LogP contribution in [0.15, 0.2) is 12.1 Å². The van der Waals surface area contributed by atoms with Crippen LogP contribution in [0.2, 0.25) is 0 Å². The monoisotopic (exact) mass is 387 g/mol. The number of ether oxygens (including phenoxy) is 3. The lowest BCUT2D eigenvalue weighted by Gasteiger charge is -2.52. The number of amides is 1. The number of aliphatic hydroxyl groups is 1. The van der Waals surface area contributed by atoms with Crippen molar-refractivity contribution in [1.82, 2.24) is 4.90 Å². The number of nitrogens with zero attached hydrogens (tertiary/aromatic N) is 1. The van der Waals surface area contributed by atoms with Gasteiger partial charge in [0.25, 0.3) is 0 Å². The fourth-order valence-corrected chi connectivity index (χ4v) is 6.51. The van der Waals surface area contributed by atoms with Crippen LogP contribution < -0.4 is 9.47 Å². The molecule has 150 valence electrons. The van der Waals surface area contributed by atoms with Crippen molar-refractivity contribution in [3.63, 3.8) is 0 Å². The molecule has 1 unspecified atom stereocenters. The summed E-state index contributed by atoms with van der Waals surface area (Å²) in [6, 6.07) is 3.88. The van der Waals surface area contributed by atoms with E-state index in [0.717, 1.165) is 11.1 Å². The van der Waals surface area contributed by atoms with Crippen LogP contribution in [0, 0.1) is 17.3 Å². The van der Waals surface area contributed by atoms with Crippen LogP contribution in [0.1, 0.15) is 30.9 Å². The molecule has 1 saturated heterocycles. The molecule has 2 aliphatic heterocycles. The molecule has 5 atom stereocenters. The zero-order chi connectivity index (χ0) is 19.8. The van der Waals surface area contributed by atoms with Crippen molar-refractivity contribution in [2.24, 2.45) is 17.3 Å². The average molecular weight is 387 g/mol. The largest absolute Gasteiger partial charge is 0.493 e. The van der Waals surface area contributed by atoms with Gasteiger partial charge in [-0.25, -0.2) is 0 Å². The molecule has 1 spiro atoms. The second-order valence-corrected chi connectivity index (χ2v) is 8.16. The summed E-state index contributed by atoms with van der Waals surface area (Å²) in [5.74, 6) is -0.0401. The van der Waals surface area contributed by atoms with Crippen LogP contribution in [0.3, 0.4) is 0 Å². The zero-order valence-electron chi connectivity index (χ0n) is 16.4. The molecular formula is C21H25NO6. The molecule has 1 aromatic rings. The molecule has 2 saturated carbocycles. The number of aliphatic hydroxyl groups excluding tert-OH is 1. The Bertz CT molecular complexity index is 884. The van der Waals surface area contributed by atoms with Crippen LogP contribution in [0.25, 0.3) is 0 Å². The van der Waals surface area contributed by atoms with Gasteiger partial charge in [-0.2, -0.15) is 0 Å². The van der Waals surface area contributed by atoms with E-state index in [0.29, 0.717) is 37.3 Å². The van der Waals surface area contributed by atoms with Gasteiger partial charge in [0.05, 0.1) is 38.4 Å². The minimum absolute atomic E-state index is 0.0303. The molecule has 0 radical (unpaired) electrons. The van der Waals surface area contributed by atoms with Crippen molar-refractivity contribution in [2.45, 2.75) is 37.8 Å². The predicted molar refractivity (Wildman–Crippen MR) is 97.9 cm³/mol. The summed E-state index contributed by atoms with van der Waals surface area (Å²) in [5, 5.41) is 10.6. The number of esters is 1. The van der Waals surface area contributed by atoms with Gasteiger partial charge < -0.3 is 24.2 Å². The molecule has 0 bridgehead atoms. The van der Waals surface area contributed by atoms with Crippen LogP contribution >= 0.6 is 0 Å². The first-order chi connectivity index (χ1) is 13.5. The van der Waals surface area contributed by atoms with Crippen molar-refractivity contribution in [2.75, 3.05) is 27.4 Å². The third kappa shape index (κ3) is 1.71. The van der Waals surface area contributed by atoms with E-state index in [9.17, 15) is 14.7 Å². The average Bonchev–Trinajstić information content (AvgIpc) is 3.37. The first-order valence-corrected chi connectivity index (χ1v) is 9.91. The Morgan fingerprint density at radius 1 is 1.29 bits per heavy atom. The number of rotatable bonds is 4. The van der Waals surface area contributed by atoms with Crippen molar-refractivity contribution in [3.05, 3.63) is 23.3 Å². The van der Waals surface area contributed by atoms with Gasteiger partial charge in [0, 0.05) is 12.5 Å². The summed E-state index contributed by atoms with van der Waals surface area (Å²) in [6.07, 6.45) is 1.13. The molecule has 1 aromatic carbocycles. The molecular weight excluding hydrogens is 362 g/mol. The van der Waals surface area contributed by atoms with E-state index in [4.69, 9.17) is 14.2 Å². The number of hydrogen-bond donors (Lipinski definition) is 1. The molecule has 0 aromatic heterocycles. The third-order valence-electron chi connectivity index (χ3n) is 7.43. The fraction of sp³-hybridized carbons (Fsp3) is 0.619. The molecule has 5 rings (SSSR count). The van der Waals surface area contributed by atoms with Crippen molar-refractivity contribution in [1.29, 1.82) is 0 Å². The third-order valence-corrected chi connectivity index (χ3v) is 7.43. The fourth-order valence-electron chi connectivity index (χ4n) is 6.51. The van der Waals surface area contributed by atoms with Crippen molar-refractivity contribution < 1.29 is 28.9 Å². The number of carbonyl (C=O) groups excluding carboxylic acids is 2. The Hall–Kier alpha value is -2.28. The minimum atomic E-state index is -1.01. The van der Waals surface area contributed by atoms with E-state index < -0.39 is 23.0 Å². The Balaban J connectivity index is 1.77. The lowest BCUT2D eigenvalue weighted by Crippen LogP contribution is -2.60. The Morgan fingerprint density at radius 3 is 2.68 bits per heavy atom. The molecule has 3 fully saturated rings. The second-order valence-electron chi connectivity index (χ2n) is 8.16. The summed E-state index contributed by atoms with van der Waals surface area (Å²) >= 11 is 0. The normalized spacial score (nSPS) is 36.9. The first-order valence-electron chi connectivity index (χ1n) is 9.91. The van der Waals surface area contributed by atoms with Gasteiger partial charge in [-0.15, -0.1) is 0 Å². The number of benzene rings is 1. The summed E-state index contributed by atoms with van der Waals surface area (Å²) < 4.78 is 16.5. The van der Waals surface area contributed by atoms with E-state index in [-0.39, 0.29) is 24.4 Å². The Morgan fingerprint density at radius 2 is 2.00 bits per heavy atom. The molecule has 7 nitrogen and oxygen atoms in total. The molecule has 1 amide bonds. The number of methoxy groups -OCH3 is 2. The predicted octanol–water partition coefficient (Wildman–Crippen LogP) is 1.25. The molecule has 4 aliphatic rings. The molecule has 1 N–H and O–H groups in total. The van der Waals surface area contributed by atoms with E-state index >= 15 is 0 Å². The SMILES string of the molecule is CCOC(=O)[C@]12[C@@H]3C(=O)N4CCc5cc(OC)c(OC)cc5[C@]41CCC(O)[C@@H]32. The maximum absolute atomic E-state index is 13.3. The van der Waals surface area contributed by atoms with Gasteiger partial charge in [0.2, 0.25) is 5.91 Å². The smallest absolute Gasteiger partial charge is 0.316 e. The summed E-state index contributed by atoms with van der Waals surface area (Å²) in [6.45, 7) is 2.58. The summed E-state index contributed by atoms with van der Waals surface area (Å²) in [5.41, 5.74) is 0.215. The van der Waals surface area contributed by atoms with Crippen LogP contribution in [-0.2, 0) is 26.3 Å². The lowest BCUT2D eigenvalue weighted by molar-refractivity contribution is -0.164. The molecule has 7 heteroatoms. The number of carbonyl (C=O) groups is 2. The minimum Gasteiger partial charge on any atom is -0.493 e. The maximum atomic E-state index is 13.3. The van der Waals surface area contributed by atoms with Crippen molar-refractivity contribution in [3.8, 4) is 11.5 Å².